The van der Waals surface area contributed by atoms with Crippen LogP contribution in [0.25, 0.3) is 0 Å². The molecule has 0 radical (unpaired) electrons. The van der Waals surface area contributed by atoms with E-state index in [0.29, 0.717) is 18.0 Å². The van der Waals surface area contributed by atoms with Crippen molar-refractivity contribution in [2.75, 3.05) is 13.7 Å². The summed E-state index contributed by atoms with van der Waals surface area (Å²) < 4.78 is 10.6. The van der Waals surface area contributed by atoms with Crippen molar-refractivity contribution in [2.45, 2.75) is 12.6 Å². The van der Waals surface area contributed by atoms with Crippen LogP contribution in [-0.4, -0.2) is 24.7 Å². The maximum atomic E-state index is 12.0. The lowest BCUT2D eigenvalue weighted by Gasteiger charge is -2.08. The molecule has 7 heteroatoms. The van der Waals surface area contributed by atoms with E-state index in [4.69, 9.17) is 9.47 Å². The van der Waals surface area contributed by atoms with Crippen LogP contribution in [0.5, 0.6) is 11.5 Å². The molecule has 2 N–H and O–H groups in total. The van der Waals surface area contributed by atoms with Crippen molar-refractivity contribution in [3.8, 4) is 11.5 Å². The quantitative estimate of drug-likeness (QED) is 0.618. The number of aliphatic hydroxyl groups is 1. The zero-order chi connectivity index (χ0) is 18.4. The Balaban J connectivity index is 1.47. The minimum atomic E-state index is -0.610. The highest BCUT2D eigenvalue weighted by Gasteiger charge is 2.14. The lowest BCUT2D eigenvalue weighted by molar-refractivity contribution is -0.123. The van der Waals surface area contributed by atoms with Gasteiger partial charge in [0.1, 0.15) is 17.6 Å². The van der Waals surface area contributed by atoms with Crippen LogP contribution in [-0.2, 0) is 11.3 Å². The second kappa shape index (κ2) is 8.84. The molecule has 26 heavy (non-hydrogen) atoms. The molecule has 0 aliphatic heterocycles. The van der Waals surface area contributed by atoms with E-state index in [2.05, 4.69) is 5.32 Å². The molecule has 0 aliphatic carbocycles. The average Bonchev–Trinajstić information content (AvgIpc) is 3.36. The summed E-state index contributed by atoms with van der Waals surface area (Å²) in [6.07, 6.45) is -0.610. The second-order valence-electron chi connectivity index (χ2n) is 5.47. The van der Waals surface area contributed by atoms with Crippen molar-refractivity contribution in [1.82, 2.24) is 5.32 Å². The van der Waals surface area contributed by atoms with E-state index < -0.39 is 6.10 Å². The van der Waals surface area contributed by atoms with Crippen LogP contribution >= 0.6 is 22.7 Å². The Labute approximate surface area is 159 Å². The van der Waals surface area contributed by atoms with Gasteiger partial charge in [0.05, 0.1) is 13.7 Å². The minimum Gasteiger partial charge on any atom is -0.497 e. The molecule has 3 aromatic rings. The highest BCUT2D eigenvalue weighted by atomic mass is 32.1. The van der Waals surface area contributed by atoms with Crippen LogP contribution in [0.15, 0.2) is 53.9 Å². The van der Waals surface area contributed by atoms with Crippen LogP contribution in [0.1, 0.15) is 20.7 Å². The van der Waals surface area contributed by atoms with Gasteiger partial charge >= 0.3 is 0 Å². The third kappa shape index (κ3) is 4.85. The summed E-state index contributed by atoms with van der Waals surface area (Å²) in [5.41, 5.74) is 0. The first-order chi connectivity index (χ1) is 12.7. The monoisotopic (exact) mass is 389 g/mol. The summed E-state index contributed by atoms with van der Waals surface area (Å²) in [5.74, 6) is 1.05. The Morgan fingerprint density at radius 2 is 2.00 bits per heavy atom. The van der Waals surface area contributed by atoms with Gasteiger partial charge in [-0.25, -0.2) is 0 Å². The molecule has 0 fully saturated rings. The number of hydrogen-bond donors (Lipinski definition) is 2. The molecule has 5 nitrogen and oxygen atoms in total. The van der Waals surface area contributed by atoms with E-state index >= 15 is 0 Å². The van der Waals surface area contributed by atoms with Gasteiger partial charge in [-0.1, -0.05) is 12.1 Å². The van der Waals surface area contributed by atoms with Crippen LogP contribution < -0.4 is 14.8 Å². The van der Waals surface area contributed by atoms with Gasteiger partial charge in [-0.05, 0) is 35.7 Å². The van der Waals surface area contributed by atoms with Gasteiger partial charge < -0.3 is 19.9 Å². The maximum absolute atomic E-state index is 12.0. The van der Waals surface area contributed by atoms with Crippen LogP contribution in [0.3, 0.4) is 0 Å². The second-order valence-corrected chi connectivity index (χ2v) is 7.65. The fourth-order valence-electron chi connectivity index (χ4n) is 2.30. The van der Waals surface area contributed by atoms with Gasteiger partial charge in [-0.3, -0.25) is 4.79 Å². The fraction of sp³-hybridized carbons (Fsp3) is 0.211. The molecule has 0 saturated heterocycles. The molecular weight excluding hydrogens is 370 g/mol. The molecule has 0 bridgehead atoms. The Morgan fingerprint density at radius 1 is 1.15 bits per heavy atom. The van der Waals surface area contributed by atoms with E-state index in [1.54, 1.807) is 25.3 Å². The minimum absolute atomic E-state index is 0.0662. The number of ether oxygens (including phenoxy) is 2. The number of methoxy groups -OCH3 is 1. The molecule has 0 aliphatic rings. The summed E-state index contributed by atoms with van der Waals surface area (Å²) in [6, 6.07) is 14.7. The molecule has 2 aromatic heterocycles. The fourth-order valence-corrected chi connectivity index (χ4v) is 4.06. The third-order valence-electron chi connectivity index (χ3n) is 3.64. The molecule has 3 rings (SSSR count). The first-order valence-corrected chi connectivity index (χ1v) is 9.69. The highest BCUT2D eigenvalue weighted by molar-refractivity contribution is 7.12. The van der Waals surface area contributed by atoms with E-state index in [9.17, 15) is 9.90 Å². The molecule has 0 spiro atoms. The predicted molar refractivity (Wildman–Crippen MR) is 103 cm³/mol. The topological polar surface area (TPSA) is 67.8 Å². The third-order valence-corrected chi connectivity index (χ3v) is 5.70. The summed E-state index contributed by atoms with van der Waals surface area (Å²) >= 11 is 3.01. The molecule has 1 aromatic carbocycles. The van der Waals surface area contributed by atoms with Crippen molar-refractivity contribution in [2.24, 2.45) is 0 Å². The Hall–Kier alpha value is -2.35. The SMILES string of the molecule is COc1cccc(OCC(=O)NCc2ccc(C(O)c3cccs3)s2)c1. The lowest BCUT2D eigenvalue weighted by atomic mass is 10.2. The molecule has 1 amide bonds. The molecular formula is C19H19NO4S2. The number of hydrogen-bond acceptors (Lipinski definition) is 6. The van der Waals surface area contributed by atoms with Gasteiger partial charge in [-0.2, -0.15) is 0 Å². The molecule has 136 valence electrons. The van der Waals surface area contributed by atoms with Crippen molar-refractivity contribution in [3.63, 3.8) is 0 Å². The Kier molecular flexibility index (Phi) is 6.27. The van der Waals surface area contributed by atoms with Gasteiger partial charge in [-0.15, -0.1) is 22.7 Å². The van der Waals surface area contributed by atoms with E-state index in [0.717, 1.165) is 14.6 Å². The summed E-state index contributed by atoms with van der Waals surface area (Å²) in [4.78, 5) is 14.7. The van der Waals surface area contributed by atoms with E-state index in [1.807, 2.05) is 35.7 Å². The van der Waals surface area contributed by atoms with Crippen LogP contribution in [0, 0.1) is 0 Å². The molecule has 2 heterocycles. The zero-order valence-corrected chi connectivity index (χ0v) is 15.8. The van der Waals surface area contributed by atoms with E-state index in [-0.39, 0.29) is 12.5 Å². The Bertz CT molecular complexity index is 845. The number of amides is 1. The van der Waals surface area contributed by atoms with Crippen LogP contribution in [0.2, 0.25) is 0 Å². The molecule has 0 saturated carbocycles. The van der Waals surface area contributed by atoms with E-state index in [1.165, 1.54) is 22.7 Å². The summed E-state index contributed by atoms with van der Waals surface area (Å²) in [6.45, 7) is 0.339. The van der Waals surface area contributed by atoms with Crippen molar-refractivity contribution >= 4 is 28.6 Å². The lowest BCUT2D eigenvalue weighted by Crippen LogP contribution is -2.28. The van der Waals surface area contributed by atoms with Gasteiger partial charge in [0, 0.05) is 20.7 Å². The van der Waals surface area contributed by atoms with Gasteiger partial charge in [0.15, 0.2) is 6.61 Å². The number of rotatable bonds is 8. The summed E-state index contributed by atoms with van der Waals surface area (Å²) in [7, 11) is 1.58. The smallest absolute Gasteiger partial charge is 0.258 e. The number of nitrogens with one attached hydrogen (secondary N) is 1. The number of carbonyl (C=O) groups excluding carboxylic acids is 1. The van der Waals surface area contributed by atoms with Gasteiger partial charge in [0.2, 0.25) is 0 Å². The Morgan fingerprint density at radius 3 is 2.77 bits per heavy atom. The number of thiophene rings is 2. The highest BCUT2D eigenvalue weighted by Crippen LogP contribution is 2.30. The first-order valence-electron chi connectivity index (χ1n) is 7.99. The largest absolute Gasteiger partial charge is 0.497 e. The van der Waals surface area contributed by atoms with Crippen molar-refractivity contribution < 1.29 is 19.4 Å². The van der Waals surface area contributed by atoms with Crippen molar-refractivity contribution in [3.05, 3.63) is 68.5 Å². The standard InChI is InChI=1S/C19H19NO4S2/c1-23-13-4-2-5-14(10-13)24-12-18(21)20-11-15-7-8-17(26-15)19(22)16-6-3-9-25-16/h2-10,19,22H,11-12H2,1H3,(H,20,21). The average molecular weight is 389 g/mol. The van der Waals surface area contributed by atoms with Gasteiger partial charge in [0.25, 0.3) is 5.91 Å². The first kappa shape index (κ1) is 18.4. The maximum Gasteiger partial charge on any atom is 0.258 e. The number of benzene rings is 1. The van der Waals surface area contributed by atoms with Crippen LogP contribution in [0.4, 0.5) is 0 Å². The summed E-state index contributed by atoms with van der Waals surface area (Å²) in [5, 5.41) is 15.1. The van der Waals surface area contributed by atoms with Crippen molar-refractivity contribution in [1.29, 1.82) is 0 Å². The molecule has 1 atom stereocenters. The normalized spacial score (nSPS) is 11.8. The predicted octanol–water partition coefficient (Wildman–Crippen LogP) is 3.60. The molecule has 1 unspecified atom stereocenters. The zero-order valence-electron chi connectivity index (χ0n) is 14.2. The number of carbonyl (C=O) groups is 1. The number of aliphatic hydroxyl groups excluding tert-OH is 1.